The van der Waals surface area contributed by atoms with Crippen molar-refractivity contribution in [3.05, 3.63) is 83.9 Å². The van der Waals surface area contributed by atoms with Crippen molar-refractivity contribution in [1.82, 2.24) is 0 Å². The van der Waals surface area contributed by atoms with Crippen molar-refractivity contribution in [3.8, 4) is 0 Å². The average molecular weight is 450 g/mol. The van der Waals surface area contributed by atoms with Gasteiger partial charge in [-0.15, -0.1) is 0 Å². The van der Waals surface area contributed by atoms with Crippen LogP contribution in [0.1, 0.15) is 24.0 Å². The van der Waals surface area contributed by atoms with Crippen LogP contribution in [-0.2, 0) is 13.6 Å². The van der Waals surface area contributed by atoms with Crippen molar-refractivity contribution in [2.24, 2.45) is 0 Å². The average Bonchev–Trinajstić information content (AvgIpc) is 2.68. The van der Waals surface area contributed by atoms with Gasteiger partial charge in [-0.3, -0.25) is 0 Å². The number of benzene rings is 2. The van der Waals surface area contributed by atoms with E-state index in [1.807, 2.05) is 0 Å². The smallest absolute Gasteiger partial charge is 0.418 e. The molecule has 0 bridgehead atoms. The van der Waals surface area contributed by atoms with Gasteiger partial charge < -0.3 is 9.05 Å². The quantitative estimate of drug-likeness (QED) is 0.239. The predicted molar refractivity (Wildman–Crippen MR) is 101 cm³/mol. The van der Waals surface area contributed by atoms with Gasteiger partial charge in [-0.1, -0.05) is 60.7 Å². The maximum absolute atomic E-state index is 12.6. The van der Waals surface area contributed by atoms with Crippen molar-refractivity contribution in [2.45, 2.75) is 25.2 Å². The van der Waals surface area contributed by atoms with Gasteiger partial charge in [0.15, 0.2) is 0 Å². The van der Waals surface area contributed by atoms with Gasteiger partial charge in [-0.2, -0.15) is 26.3 Å². The van der Waals surface area contributed by atoms with E-state index in [1.165, 1.54) is 48.5 Å². The van der Waals surface area contributed by atoms with Crippen LogP contribution in [-0.4, -0.2) is 12.4 Å². The summed E-state index contributed by atoms with van der Waals surface area (Å²) in [6.07, 6.45) is -10.3. The Morgan fingerprint density at radius 3 is 1.33 bits per heavy atom. The molecule has 30 heavy (non-hydrogen) atoms. The Kier molecular flexibility index (Phi) is 8.17. The molecule has 0 aromatic heterocycles. The molecule has 0 aliphatic rings. The molecular weight excluding hydrogens is 433 g/mol. The molecule has 0 saturated heterocycles. The van der Waals surface area contributed by atoms with Crippen LogP contribution in [0.4, 0.5) is 26.3 Å². The highest BCUT2D eigenvalue weighted by atomic mass is 31.1. The van der Waals surface area contributed by atoms with Crippen LogP contribution in [0.15, 0.2) is 72.8 Å². The van der Waals surface area contributed by atoms with E-state index in [-0.39, 0.29) is 22.6 Å². The molecule has 0 fully saturated rings. The molecule has 2 rings (SSSR count). The lowest BCUT2D eigenvalue weighted by Crippen LogP contribution is -2.05. The van der Waals surface area contributed by atoms with Gasteiger partial charge in [0, 0.05) is 11.1 Å². The summed E-state index contributed by atoms with van der Waals surface area (Å²) in [6.45, 7) is 0. The van der Waals surface area contributed by atoms with Gasteiger partial charge in [-0.05, 0) is 12.2 Å². The number of hydrogen-bond donors (Lipinski definition) is 0. The molecule has 0 heterocycles. The van der Waals surface area contributed by atoms with Crippen LogP contribution in [0, 0.1) is 0 Å². The van der Waals surface area contributed by atoms with E-state index >= 15 is 0 Å². The van der Waals surface area contributed by atoms with Gasteiger partial charge >= 0.3 is 20.6 Å². The summed E-state index contributed by atoms with van der Waals surface area (Å²) in [5, 5.41) is 0. The third-order valence-corrected chi connectivity index (χ3v) is 4.31. The molecule has 162 valence electrons. The molecule has 0 unspecified atom stereocenters. The maximum atomic E-state index is 12.6. The largest absolute Gasteiger partial charge is 0.418 e. The summed E-state index contributed by atoms with van der Waals surface area (Å²) in [4.78, 5) is 0. The van der Waals surface area contributed by atoms with E-state index < -0.39 is 33.4 Å². The number of halogens is 6. The lowest BCUT2D eigenvalue weighted by atomic mass is 10.1. The third-order valence-electron chi connectivity index (χ3n) is 3.54. The maximum Gasteiger partial charge on any atom is 0.418 e. The van der Waals surface area contributed by atoms with Crippen LogP contribution in [0.25, 0.3) is 11.5 Å². The van der Waals surface area contributed by atoms with Crippen LogP contribution in [0.2, 0.25) is 0 Å². The zero-order valence-electron chi connectivity index (χ0n) is 15.3. The summed E-state index contributed by atoms with van der Waals surface area (Å²) in [5.74, 6) is -0.694. The molecule has 0 radical (unpaired) electrons. The summed E-state index contributed by atoms with van der Waals surface area (Å²) in [7, 11) is -3.54. The Morgan fingerprint density at radius 1 is 0.700 bits per heavy atom. The van der Waals surface area contributed by atoms with E-state index in [0.29, 0.717) is 12.2 Å². The monoisotopic (exact) mass is 450 g/mol. The highest BCUT2D eigenvalue weighted by Gasteiger charge is 2.27. The van der Waals surface area contributed by atoms with Gasteiger partial charge in [0.1, 0.15) is 11.5 Å². The van der Waals surface area contributed by atoms with Crippen molar-refractivity contribution in [1.29, 1.82) is 0 Å². The minimum absolute atomic E-state index is 0.212. The standard InChI is InChI=1S/C20H17F6O3P/c21-19(22,23)13-11-17(15-7-3-1-4-8-15)28-30(27)29-18(12-14-20(24,25)26)16-9-5-2-6-10-16/h1-12,30H,13-14H2. The molecule has 0 aliphatic carbocycles. The van der Waals surface area contributed by atoms with Crippen LogP contribution in [0.3, 0.4) is 0 Å². The normalized spacial score (nSPS) is 14.3. The fourth-order valence-electron chi connectivity index (χ4n) is 2.26. The predicted octanol–water partition coefficient (Wildman–Crippen LogP) is 7.40. The van der Waals surface area contributed by atoms with Crippen LogP contribution < -0.4 is 0 Å². The Morgan fingerprint density at radius 2 is 1.03 bits per heavy atom. The second kappa shape index (κ2) is 10.4. The first kappa shape index (κ1) is 23.6. The van der Waals surface area contributed by atoms with Gasteiger partial charge in [0.05, 0.1) is 12.8 Å². The first-order valence-corrected chi connectivity index (χ1v) is 9.80. The van der Waals surface area contributed by atoms with Crippen LogP contribution >= 0.6 is 8.25 Å². The van der Waals surface area contributed by atoms with E-state index in [4.69, 9.17) is 9.05 Å². The molecule has 0 saturated carbocycles. The SMILES string of the molecule is O=[PH](OC(=CCC(F)(F)F)c1ccccc1)OC(=CCC(F)(F)F)c1ccccc1. The fourth-order valence-corrected chi connectivity index (χ4v) is 3.06. The topological polar surface area (TPSA) is 35.5 Å². The highest BCUT2D eigenvalue weighted by molar-refractivity contribution is 7.34. The number of rotatable bonds is 8. The van der Waals surface area contributed by atoms with Gasteiger partial charge in [0.25, 0.3) is 0 Å². The molecule has 10 heteroatoms. The Balaban J connectivity index is 2.24. The molecule has 0 amide bonds. The lowest BCUT2D eigenvalue weighted by molar-refractivity contribution is -0.125. The zero-order valence-corrected chi connectivity index (χ0v) is 16.3. The van der Waals surface area contributed by atoms with Gasteiger partial charge in [-0.25, -0.2) is 4.57 Å². The molecule has 0 atom stereocenters. The summed E-state index contributed by atoms with van der Waals surface area (Å²) in [5.41, 5.74) is 0.425. The Bertz CT molecular complexity index is 817. The van der Waals surface area contributed by atoms with Crippen molar-refractivity contribution in [2.75, 3.05) is 0 Å². The molecule has 3 nitrogen and oxygen atoms in total. The fraction of sp³-hybridized carbons (Fsp3) is 0.200. The first-order chi connectivity index (χ1) is 14.0. The molecule has 0 spiro atoms. The van der Waals surface area contributed by atoms with E-state index in [2.05, 4.69) is 0 Å². The minimum Gasteiger partial charge on any atom is -0.418 e. The van der Waals surface area contributed by atoms with Crippen LogP contribution in [0.5, 0.6) is 0 Å². The van der Waals surface area contributed by atoms with Crippen molar-refractivity contribution in [3.63, 3.8) is 0 Å². The van der Waals surface area contributed by atoms with E-state index in [9.17, 15) is 30.9 Å². The lowest BCUT2D eigenvalue weighted by Gasteiger charge is -2.15. The molecule has 2 aromatic rings. The Hall–Kier alpha value is -2.67. The highest BCUT2D eigenvalue weighted by Crippen LogP contribution is 2.39. The number of allylic oxidation sites excluding steroid dienone is 2. The number of alkyl halides is 6. The Labute approximate surface area is 169 Å². The summed E-state index contributed by atoms with van der Waals surface area (Å²) in [6, 6.07) is 15.2. The van der Waals surface area contributed by atoms with Crippen molar-refractivity contribution < 1.29 is 40.0 Å². The molecular formula is C20H17F6O3P. The van der Waals surface area contributed by atoms with Gasteiger partial charge in [0.2, 0.25) is 0 Å². The molecule has 2 aromatic carbocycles. The van der Waals surface area contributed by atoms with Crippen molar-refractivity contribution >= 4 is 19.8 Å². The second-order valence-corrected chi connectivity index (χ2v) is 6.87. The minimum atomic E-state index is -4.53. The first-order valence-electron chi connectivity index (χ1n) is 8.58. The number of hydrogen-bond acceptors (Lipinski definition) is 3. The third kappa shape index (κ3) is 8.78. The summed E-state index contributed by atoms with van der Waals surface area (Å²) < 4.78 is 98.1. The van der Waals surface area contributed by atoms with E-state index in [0.717, 1.165) is 0 Å². The molecule has 0 N–H and O–H groups in total. The zero-order chi connectivity index (χ0) is 22.2. The second-order valence-electron chi connectivity index (χ2n) is 5.96. The van der Waals surface area contributed by atoms with E-state index in [1.54, 1.807) is 12.1 Å². The summed E-state index contributed by atoms with van der Waals surface area (Å²) >= 11 is 0. The molecule has 0 aliphatic heterocycles.